The van der Waals surface area contributed by atoms with E-state index < -0.39 is 10.0 Å². The number of hydrogen-bond donors (Lipinski definition) is 2. The predicted octanol–water partition coefficient (Wildman–Crippen LogP) is 2.34. The van der Waals surface area contributed by atoms with Crippen LogP contribution in [0, 0.1) is 17.8 Å². The lowest BCUT2D eigenvalue weighted by Crippen LogP contribution is -2.33. The number of aromatic nitrogens is 1. The Morgan fingerprint density at radius 1 is 1.23 bits per heavy atom. The molecule has 7 heteroatoms. The largest absolute Gasteiger partial charge is 0.354 e. The van der Waals surface area contributed by atoms with E-state index in [1.807, 2.05) is 22.9 Å². The van der Waals surface area contributed by atoms with Gasteiger partial charge in [0.15, 0.2) is 0 Å². The first-order chi connectivity index (χ1) is 12.4. The second-order valence-electron chi connectivity index (χ2n) is 7.40. The van der Waals surface area contributed by atoms with Crippen LogP contribution in [0.3, 0.4) is 0 Å². The Bertz CT molecular complexity index is 977. The van der Waals surface area contributed by atoms with Crippen LogP contribution in [0.4, 0.5) is 5.69 Å². The van der Waals surface area contributed by atoms with Gasteiger partial charge in [-0.3, -0.25) is 9.52 Å². The summed E-state index contributed by atoms with van der Waals surface area (Å²) in [6.45, 7) is 0.951. The SMILES string of the molecule is CS(=O)(=O)Nc1cccc2c1ccn2CC(=O)NC[C@@H]1C[C@@H]2C=C[C@H]1C2. The lowest BCUT2D eigenvalue weighted by molar-refractivity contribution is -0.121. The molecular formula is C19H23N3O3S. The van der Waals surface area contributed by atoms with Crippen molar-refractivity contribution < 1.29 is 13.2 Å². The summed E-state index contributed by atoms with van der Waals surface area (Å²) in [5, 5.41) is 3.84. The zero-order valence-electron chi connectivity index (χ0n) is 14.7. The van der Waals surface area contributed by atoms with Gasteiger partial charge in [-0.2, -0.15) is 0 Å². The number of nitrogens with zero attached hydrogens (tertiary/aromatic N) is 1. The van der Waals surface area contributed by atoms with Gasteiger partial charge in [0.25, 0.3) is 0 Å². The van der Waals surface area contributed by atoms with Gasteiger partial charge in [-0.15, -0.1) is 0 Å². The zero-order chi connectivity index (χ0) is 18.3. The molecule has 0 spiro atoms. The quantitative estimate of drug-likeness (QED) is 0.763. The van der Waals surface area contributed by atoms with Gasteiger partial charge in [0.2, 0.25) is 15.9 Å². The third-order valence-electron chi connectivity index (χ3n) is 5.40. The van der Waals surface area contributed by atoms with Gasteiger partial charge in [-0.05, 0) is 48.8 Å². The maximum absolute atomic E-state index is 12.4. The lowest BCUT2D eigenvalue weighted by atomic mass is 9.94. The minimum atomic E-state index is -3.35. The highest BCUT2D eigenvalue weighted by atomic mass is 32.2. The molecule has 1 fully saturated rings. The molecule has 1 saturated carbocycles. The van der Waals surface area contributed by atoms with Gasteiger partial charge in [-0.25, -0.2) is 8.42 Å². The van der Waals surface area contributed by atoms with E-state index >= 15 is 0 Å². The van der Waals surface area contributed by atoms with Gasteiger partial charge in [0, 0.05) is 18.1 Å². The molecule has 3 atom stereocenters. The Morgan fingerprint density at radius 3 is 2.77 bits per heavy atom. The number of carbonyl (C=O) groups is 1. The summed E-state index contributed by atoms with van der Waals surface area (Å²) in [6.07, 6.45) is 9.95. The summed E-state index contributed by atoms with van der Waals surface area (Å²) in [6, 6.07) is 7.22. The van der Waals surface area contributed by atoms with Gasteiger partial charge in [0.05, 0.1) is 17.5 Å². The van der Waals surface area contributed by atoms with Gasteiger partial charge < -0.3 is 9.88 Å². The highest BCUT2D eigenvalue weighted by Gasteiger charge is 2.35. The van der Waals surface area contributed by atoms with Crippen LogP contribution >= 0.6 is 0 Å². The van der Waals surface area contributed by atoms with Crippen molar-refractivity contribution in [1.82, 2.24) is 9.88 Å². The van der Waals surface area contributed by atoms with Crippen molar-refractivity contribution >= 4 is 32.5 Å². The van der Waals surface area contributed by atoms with Crippen LogP contribution in [-0.2, 0) is 21.4 Å². The van der Waals surface area contributed by atoms with Gasteiger partial charge >= 0.3 is 0 Å². The summed E-state index contributed by atoms with van der Waals surface area (Å²) in [5.74, 6) is 1.87. The van der Waals surface area contributed by atoms with E-state index in [-0.39, 0.29) is 12.5 Å². The molecule has 6 nitrogen and oxygen atoms in total. The zero-order valence-corrected chi connectivity index (χ0v) is 15.5. The summed E-state index contributed by atoms with van der Waals surface area (Å²) < 4.78 is 27.4. The van der Waals surface area contributed by atoms with Crippen LogP contribution in [0.25, 0.3) is 10.9 Å². The second-order valence-corrected chi connectivity index (χ2v) is 9.15. The monoisotopic (exact) mass is 373 g/mol. The molecule has 1 amide bonds. The maximum atomic E-state index is 12.4. The summed E-state index contributed by atoms with van der Waals surface area (Å²) in [7, 11) is -3.35. The molecule has 0 radical (unpaired) electrons. The fourth-order valence-electron chi connectivity index (χ4n) is 4.23. The van der Waals surface area contributed by atoms with Crippen LogP contribution in [0.5, 0.6) is 0 Å². The maximum Gasteiger partial charge on any atom is 0.239 e. The van der Waals surface area contributed by atoms with E-state index in [1.165, 1.54) is 12.8 Å². The Kier molecular flexibility index (Phi) is 4.26. The number of rotatable bonds is 6. The molecule has 138 valence electrons. The Hall–Kier alpha value is -2.28. The topological polar surface area (TPSA) is 80.2 Å². The number of allylic oxidation sites excluding steroid dienone is 2. The average molecular weight is 373 g/mol. The molecule has 1 heterocycles. The number of nitrogens with one attached hydrogen (secondary N) is 2. The molecule has 1 aromatic carbocycles. The molecule has 0 aliphatic heterocycles. The van der Waals surface area contributed by atoms with Crippen molar-refractivity contribution in [3.05, 3.63) is 42.6 Å². The molecule has 0 unspecified atom stereocenters. The van der Waals surface area contributed by atoms with E-state index in [0.29, 0.717) is 23.4 Å². The number of sulfonamides is 1. The first-order valence-corrected chi connectivity index (χ1v) is 10.8. The number of carbonyl (C=O) groups excluding carboxylic acids is 1. The molecular weight excluding hydrogens is 350 g/mol. The highest BCUT2D eigenvalue weighted by molar-refractivity contribution is 7.92. The van der Waals surface area contributed by atoms with Crippen LogP contribution in [0.1, 0.15) is 12.8 Å². The van der Waals surface area contributed by atoms with E-state index in [4.69, 9.17) is 0 Å². The predicted molar refractivity (Wildman–Crippen MR) is 102 cm³/mol. The Morgan fingerprint density at radius 2 is 2.08 bits per heavy atom. The van der Waals surface area contributed by atoms with Gasteiger partial charge in [0.1, 0.15) is 6.54 Å². The molecule has 2 aliphatic rings. The number of anilines is 1. The fraction of sp³-hybridized carbons (Fsp3) is 0.421. The van der Waals surface area contributed by atoms with Crippen molar-refractivity contribution in [2.24, 2.45) is 17.8 Å². The van der Waals surface area contributed by atoms with E-state index in [9.17, 15) is 13.2 Å². The number of benzene rings is 1. The van der Waals surface area contributed by atoms with Crippen LogP contribution in [0.15, 0.2) is 42.6 Å². The minimum Gasteiger partial charge on any atom is -0.354 e. The van der Waals surface area contributed by atoms with Crippen molar-refractivity contribution in [2.75, 3.05) is 17.5 Å². The standard InChI is InChI=1S/C19H23N3O3S/c1-26(24,25)21-17-3-2-4-18-16(17)7-8-22(18)12-19(23)20-11-15-10-13-5-6-14(15)9-13/h2-8,13-15,21H,9-12H2,1H3,(H,20,23)/t13-,14+,15+/m1/s1. The van der Waals surface area contributed by atoms with Crippen molar-refractivity contribution in [3.8, 4) is 0 Å². The first-order valence-electron chi connectivity index (χ1n) is 8.90. The second kappa shape index (κ2) is 6.46. The molecule has 2 aromatic rings. The highest BCUT2D eigenvalue weighted by Crippen LogP contribution is 2.42. The molecule has 0 saturated heterocycles. The van der Waals surface area contributed by atoms with E-state index in [2.05, 4.69) is 22.2 Å². The molecule has 2 N–H and O–H groups in total. The van der Waals surface area contributed by atoms with Crippen molar-refractivity contribution in [2.45, 2.75) is 19.4 Å². The molecule has 4 rings (SSSR count). The number of hydrogen-bond acceptors (Lipinski definition) is 3. The molecule has 1 aromatic heterocycles. The molecule has 2 aliphatic carbocycles. The smallest absolute Gasteiger partial charge is 0.239 e. The minimum absolute atomic E-state index is 0.0178. The van der Waals surface area contributed by atoms with E-state index in [1.54, 1.807) is 12.1 Å². The fourth-order valence-corrected chi connectivity index (χ4v) is 4.81. The average Bonchev–Trinajstić information content (AvgIpc) is 3.28. The van der Waals surface area contributed by atoms with E-state index in [0.717, 1.165) is 23.7 Å². The Labute approximate surface area is 153 Å². The van der Waals surface area contributed by atoms with Gasteiger partial charge in [-0.1, -0.05) is 18.2 Å². The third kappa shape index (κ3) is 3.49. The van der Waals surface area contributed by atoms with Crippen LogP contribution in [-0.4, -0.2) is 31.7 Å². The van der Waals surface area contributed by atoms with Crippen molar-refractivity contribution in [1.29, 1.82) is 0 Å². The van der Waals surface area contributed by atoms with Crippen LogP contribution < -0.4 is 10.0 Å². The van der Waals surface area contributed by atoms with Crippen LogP contribution in [0.2, 0.25) is 0 Å². The number of fused-ring (bicyclic) bond motifs is 3. The summed E-state index contributed by atoms with van der Waals surface area (Å²) in [4.78, 5) is 12.4. The lowest BCUT2D eigenvalue weighted by Gasteiger charge is -2.18. The third-order valence-corrected chi connectivity index (χ3v) is 5.99. The molecule has 26 heavy (non-hydrogen) atoms. The Balaban J connectivity index is 1.43. The molecule has 2 bridgehead atoms. The first kappa shape index (κ1) is 17.1. The number of amides is 1. The summed E-state index contributed by atoms with van der Waals surface area (Å²) in [5.41, 5.74) is 1.36. The van der Waals surface area contributed by atoms with Crippen molar-refractivity contribution in [3.63, 3.8) is 0 Å². The normalized spacial score (nSPS) is 24.3. The summed E-state index contributed by atoms with van der Waals surface area (Å²) >= 11 is 0.